The molecule has 0 spiro atoms. The van der Waals surface area contributed by atoms with Crippen LogP contribution in [0.2, 0.25) is 0 Å². The van der Waals surface area contributed by atoms with Crippen molar-refractivity contribution in [3.05, 3.63) is 62.2 Å². The zero-order valence-corrected chi connectivity index (χ0v) is 13.5. The van der Waals surface area contributed by atoms with Crippen LogP contribution in [0.1, 0.15) is 35.3 Å². The van der Waals surface area contributed by atoms with E-state index in [4.69, 9.17) is 0 Å². The molecule has 0 bridgehead atoms. The molecule has 0 saturated carbocycles. The standard InChI is InChI=1S/C17H18FN3O4/c18-11-4-6-12(7-5-11)21-15(22)13(10-20-8-2-1-3-9-20)14(16(23)24)19-17(21)25/h4-7H,1-3,8-10H2,(H,19,25)(H,23,24). The lowest BCUT2D eigenvalue weighted by Gasteiger charge is -2.26. The van der Waals surface area contributed by atoms with Crippen molar-refractivity contribution in [3.63, 3.8) is 0 Å². The monoisotopic (exact) mass is 347 g/mol. The van der Waals surface area contributed by atoms with E-state index in [-0.39, 0.29) is 23.5 Å². The number of benzene rings is 1. The van der Waals surface area contributed by atoms with Crippen molar-refractivity contribution < 1.29 is 14.3 Å². The summed E-state index contributed by atoms with van der Waals surface area (Å²) < 4.78 is 13.9. The van der Waals surface area contributed by atoms with Crippen molar-refractivity contribution in [1.82, 2.24) is 14.5 Å². The van der Waals surface area contributed by atoms with Crippen LogP contribution in [-0.2, 0) is 6.54 Å². The van der Waals surface area contributed by atoms with Crippen molar-refractivity contribution in [2.24, 2.45) is 0 Å². The first-order chi connectivity index (χ1) is 12.0. The molecule has 2 aromatic rings. The van der Waals surface area contributed by atoms with Crippen LogP contribution in [0.5, 0.6) is 0 Å². The first-order valence-electron chi connectivity index (χ1n) is 8.07. The molecule has 0 aliphatic carbocycles. The highest BCUT2D eigenvalue weighted by atomic mass is 19.1. The Bertz CT molecular complexity index is 896. The second kappa shape index (κ2) is 7.02. The molecule has 132 valence electrons. The van der Waals surface area contributed by atoms with E-state index >= 15 is 0 Å². The van der Waals surface area contributed by atoms with Crippen molar-refractivity contribution >= 4 is 5.97 Å². The van der Waals surface area contributed by atoms with Gasteiger partial charge in [-0.25, -0.2) is 18.5 Å². The van der Waals surface area contributed by atoms with E-state index in [0.29, 0.717) is 0 Å². The van der Waals surface area contributed by atoms with Gasteiger partial charge in [-0.05, 0) is 50.2 Å². The third kappa shape index (κ3) is 3.53. The molecular formula is C17H18FN3O4. The van der Waals surface area contributed by atoms with Gasteiger partial charge in [0.25, 0.3) is 5.56 Å². The van der Waals surface area contributed by atoms with E-state index < -0.39 is 23.0 Å². The lowest BCUT2D eigenvalue weighted by molar-refractivity contribution is 0.0686. The van der Waals surface area contributed by atoms with Crippen molar-refractivity contribution in [3.8, 4) is 5.69 Å². The Morgan fingerprint density at radius 3 is 2.36 bits per heavy atom. The third-order valence-electron chi connectivity index (χ3n) is 4.33. The van der Waals surface area contributed by atoms with E-state index in [1.807, 2.05) is 4.90 Å². The number of H-pyrrole nitrogens is 1. The Balaban J connectivity index is 2.12. The number of carboxylic acid groups (broad SMARTS) is 1. The number of hydrogen-bond acceptors (Lipinski definition) is 4. The topological polar surface area (TPSA) is 95.4 Å². The molecule has 25 heavy (non-hydrogen) atoms. The minimum absolute atomic E-state index is 0.0262. The third-order valence-corrected chi connectivity index (χ3v) is 4.33. The van der Waals surface area contributed by atoms with E-state index in [1.165, 1.54) is 12.1 Å². The molecule has 7 nitrogen and oxygen atoms in total. The van der Waals surface area contributed by atoms with Crippen molar-refractivity contribution in [1.29, 1.82) is 0 Å². The molecule has 2 heterocycles. The van der Waals surface area contributed by atoms with Gasteiger partial charge in [0.1, 0.15) is 11.5 Å². The predicted molar refractivity (Wildman–Crippen MR) is 88.7 cm³/mol. The van der Waals surface area contributed by atoms with Crippen LogP contribution in [0.4, 0.5) is 4.39 Å². The van der Waals surface area contributed by atoms with Crippen LogP contribution in [-0.4, -0.2) is 38.6 Å². The van der Waals surface area contributed by atoms with Gasteiger partial charge in [0, 0.05) is 6.54 Å². The molecule has 1 aromatic heterocycles. The number of nitrogens with zero attached hydrogens (tertiary/aromatic N) is 2. The van der Waals surface area contributed by atoms with Gasteiger partial charge in [0.2, 0.25) is 0 Å². The molecule has 8 heteroatoms. The molecule has 0 unspecified atom stereocenters. The summed E-state index contributed by atoms with van der Waals surface area (Å²) in [7, 11) is 0. The second-order valence-corrected chi connectivity index (χ2v) is 6.04. The molecule has 1 aromatic carbocycles. The number of halogens is 1. The molecule has 0 atom stereocenters. The van der Waals surface area contributed by atoms with Crippen LogP contribution >= 0.6 is 0 Å². The number of rotatable bonds is 4. The first kappa shape index (κ1) is 17.1. The zero-order chi connectivity index (χ0) is 18.0. The largest absolute Gasteiger partial charge is 0.477 e. The number of carbonyl (C=O) groups is 1. The smallest absolute Gasteiger partial charge is 0.352 e. The summed E-state index contributed by atoms with van der Waals surface area (Å²) in [5, 5.41) is 9.36. The highest BCUT2D eigenvalue weighted by Gasteiger charge is 2.22. The molecule has 2 N–H and O–H groups in total. The van der Waals surface area contributed by atoms with E-state index in [9.17, 15) is 23.9 Å². The summed E-state index contributed by atoms with van der Waals surface area (Å²) >= 11 is 0. The molecule has 0 amide bonds. The van der Waals surface area contributed by atoms with E-state index in [0.717, 1.165) is 49.1 Å². The van der Waals surface area contributed by atoms with Crippen LogP contribution < -0.4 is 11.2 Å². The summed E-state index contributed by atoms with van der Waals surface area (Å²) in [5.41, 5.74) is -1.74. The number of hydrogen-bond donors (Lipinski definition) is 2. The summed E-state index contributed by atoms with van der Waals surface area (Å²) in [6.45, 7) is 1.70. The van der Waals surface area contributed by atoms with Gasteiger partial charge < -0.3 is 10.1 Å². The SMILES string of the molecule is O=C(O)c1[nH]c(=O)n(-c2ccc(F)cc2)c(=O)c1CN1CCCCC1. The molecule has 1 aliphatic heterocycles. The maximum atomic E-state index is 13.1. The Morgan fingerprint density at radius 2 is 1.76 bits per heavy atom. The summed E-state index contributed by atoms with van der Waals surface area (Å²) in [5.74, 6) is -1.85. The van der Waals surface area contributed by atoms with Gasteiger partial charge in [-0.3, -0.25) is 9.69 Å². The van der Waals surface area contributed by atoms with E-state index in [2.05, 4.69) is 4.98 Å². The lowest BCUT2D eigenvalue weighted by atomic mass is 10.1. The molecular weight excluding hydrogens is 329 g/mol. The summed E-state index contributed by atoms with van der Waals surface area (Å²) in [6.07, 6.45) is 3.07. The Kier molecular flexibility index (Phi) is 4.80. The molecule has 1 fully saturated rings. The number of likely N-dealkylation sites (tertiary alicyclic amines) is 1. The fourth-order valence-corrected chi connectivity index (χ4v) is 3.07. The van der Waals surface area contributed by atoms with Gasteiger partial charge in [0.05, 0.1) is 11.3 Å². The Hall–Kier alpha value is -2.74. The molecule has 3 rings (SSSR count). The Labute approximate surface area is 142 Å². The van der Waals surface area contributed by atoms with E-state index in [1.54, 1.807) is 0 Å². The van der Waals surface area contributed by atoms with Gasteiger partial charge >= 0.3 is 11.7 Å². The summed E-state index contributed by atoms with van der Waals surface area (Å²) in [4.78, 5) is 40.8. The summed E-state index contributed by atoms with van der Waals surface area (Å²) in [6, 6.07) is 4.88. The number of aromatic amines is 1. The molecule has 1 aliphatic rings. The highest BCUT2D eigenvalue weighted by Crippen LogP contribution is 2.13. The minimum Gasteiger partial charge on any atom is -0.477 e. The van der Waals surface area contributed by atoms with Crippen molar-refractivity contribution in [2.75, 3.05) is 13.1 Å². The second-order valence-electron chi connectivity index (χ2n) is 6.04. The zero-order valence-electron chi connectivity index (χ0n) is 13.5. The average molecular weight is 347 g/mol. The first-order valence-corrected chi connectivity index (χ1v) is 8.07. The number of piperidine rings is 1. The quantitative estimate of drug-likeness (QED) is 0.870. The Morgan fingerprint density at radius 1 is 1.12 bits per heavy atom. The number of carboxylic acids is 1. The van der Waals surface area contributed by atoms with Crippen LogP contribution in [0, 0.1) is 5.82 Å². The maximum Gasteiger partial charge on any atom is 0.352 e. The number of aromatic carboxylic acids is 1. The molecule has 1 saturated heterocycles. The normalized spacial score (nSPS) is 15.2. The van der Waals surface area contributed by atoms with Gasteiger partial charge in [0.15, 0.2) is 0 Å². The van der Waals surface area contributed by atoms with Crippen LogP contribution in [0.25, 0.3) is 5.69 Å². The maximum absolute atomic E-state index is 13.1. The van der Waals surface area contributed by atoms with Gasteiger partial charge in [-0.2, -0.15) is 0 Å². The van der Waals surface area contributed by atoms with Crippen LogP contribution in [0.3, 0.4) is 0 Å². The fourth-order valence-electron chi connectivity index (χ4n) is 3.07. The number of aromatic nitrogens is 2. The highest BCUT2D eigenvalue weighted by molar-refractivity contribution is 5.86. The van der Waals surface area contributed by atoms with Gasteiger partial charge in [-0.1, -0.05) is 6.42 Å². The fraction of sp³-hybridized carbons (Fsp3) is 0.353. The lowest BCUT2D eigenvalue weighted by Crippen LogP contribution is -2.41. The van der Waals surface area contributed by atoms with Gasteiger partial charge in [-0.15, -0.1) is 0 Å². The number of nitrogens with one attached hydrogen (secondary N) is 1. The average Bonchev–Trinajstić information content (AvgIpc) is 2.59. The minimum atomic E-state index is -1.35. The van der Waals surface area contributed by atoms with Crippen LogP contribution in [0.15, 0.2) is 33.9 Å². The van der Waals surface area contributed by atoms with Crippen molar-refractivity contribution in [2.45, 2.75) is 25.8 Å². The molecule has 0 radical (unpaired) electrons. The predicted octanol–water partition coefficient (Wildman–Crippen LogP) is 1.35.